The summed E-state index contributed by atoms with van der Waals surface area (Å²) in [5, 5.41) is 4.58. The molecule has 0 aromatic heterocycles. The summed E-state index contributed by atoms with van der Waals surface area (Å²) in [7, 11) is 1.59. The second-order valence-corrected chi connectivity index (χ2v) is 6.87. The molecule has 1 saturated carbocycles. The first-order valence-corrected chi connectivity index (χ1v) is 9.12. The van der Waals surface area contributed by atoms with Crippen molar-refractivity contribution in [3.8, 4) is 5.75 Å². The molecule has 1 aliphatic carbocycles. The lowest BCUT2D eigenvalue weighted by molar-refractivity contribution is -0.125. The number of hydrogen-bond acceptors (Lipinski definition) is 4. The van der Waals surface area contributed by atoms with Gasteiger partial charge < -0.3 is 14.8 Å². The summed E-state index contributed by atoms with van der Waals surface area (Å²) < 4.78 is 10.6. The van der Waals surface area contributed by atoms with Gasteiger partial charge in [-0.15, -0.1) is 0 Å². The summed E-state index contributed by atoms with van der Waals surface area (Å²) >= 11 is 0. The maximum Gasteiger partial charge on any atom is 0.339 e. The number of fused-ring (bicyclic) bond motifs is 1. The molecule has 1 fully saturated rings. The third kappa shape index (κ3) is 3.98. The van der Waals surface area contributed by atoms with Crippen LogP contribution in [-0.2, 0) is 9.53 Å². The summed E-state index contributed by atoms with van der Waals surface area (Å²) in [6, 6.07) is 11.1. The van der Waals surface area contributed by atoms with E-state index in [4.69, 9.17) is 9.47 Å². The van der Waals surface area contributed by atoms with Crippen LogP contribution in [0.25, 0.3) is 10.8 Å². The quantitative estimate of drug-likeness (QED) is 0.831. The first kappa shape index (κ1) is 18.2. The minimum absolute atomic E-state index is 0.178. The maximum absolute atomic E-state index is 12.5. The SMILES string of the molecule is COc1ccc(C(=O)OCC(=O)N[C@H]2CCCC[C@H]2C)c2ccccc12. The topological polar surface area (TPSA) is 64.6 Å². The highest BCUT2D eigenvalue weighted by Gasteiger charge is 2.23. The Morgan fingerprint density at radius 2 is 1.81 bits per heavy atom. The van der Waals surface area contributed by atoms with E-state index in [0.717, 1.165) is 30.0 Å². The van der Waals surface area contributed by atoms with Crippen LogP contribution < -0.4 is 10.1 Å². The molecule has 1 N–H and O–H groups in total. The second kappa shape index (κ2) is 8.21. The number of ether oxygens (including phenoxy) is 2. The fourth-order valence-electron chi connectivity index (χ4n) is 3.62. The fourth-order valence-corrected chi connectivity index (χ4v) is 3.62. The molecule has 2 atom stereocenters. The highest BCUT2D eigenvalue weighted by atomic mass is 16.5. The average molecular weight is 355 g/mol. The molecule has 0 saturated heterocycles. The van der Waals surface area contributed by atoms with Crippen molar-refractivity contribution in [3.63, 3.8) is 0 Å². The van der Waals surface area contributed by atoms with Gasteiger partial charge in [-0.05, 0) is 36.3 Å². The van der Waals surface area contributed by atoms with Crippen LogP contribution in [0.15, 0.2) is 36.4 Å². The number of nitrogens with one attached hydrogen (secondary N) is 1. The largest absolute Gasteiger partial charge is 0.496 e. The Balaban J connectivity index is 1.65. The minimum atomic E-state index is -0.504. The molecule has 3 rings (SSSR count). The van der Waals surface area contributed by atoms with Crippen molar-refractivity contribution >= 4 is 22.6 Å². The van der Waals surface area contributed by atoms with Gasteiger partial charge >= 0.3 is 5.97 Å². The molecule has 1 amide bonds. The first-order valence-electron chi connectivity index (χ1n) is 9.12. The van der Waals surface area contributed by atoms with Gasteiger partial charge in [0, 0.05) is 11.4 Å². The highest BCUT2D eigenvalue weighted by Crippen LogP contribution is 2.28. The molecule has 1 aliphatic rings. The Bertz CT molecular complexity index is 802. The van der Waals surface area contributed by atoms with Crippen LogP contribution in [0.4, 0.5) is 0 Å². The minimum Gasteiger partial charge on any atom is -0.496 e. The number of hydrogen-bond donors (Lipinski definition) is 1. The van der Waals surface area contributed by atoms with Crippen molar-refractivity contribution in [1.82, 2.24) is 5.32 Å². The lowest BCUT2D eigenvalue weighted by Gasteiger charge is -2.29. The van der Waals surface area contributed by atoms with Crippen molar-refractivity contribution in [2.45, 2.75) is 38.6 Å². The van der Waals surface area contributed by atoms with E-state index in [1.165, 1.54) is 6.42 Å². The molecular formula is C21H25NO4. The van der Waals surface area contributed by atoms with Crippen molar-refractivity contribution in [3.05, 3.63) is 42.0 Å². The van der Waals surface area contributed by atoms with Crippen molar-refractivity contribution < 1.29 is 19.1 Å². The molecule has 5 nitrogen and oxygen atoms in total. The molecule has 138 valence electrons. The van der Waals surface area contributed by atoms with E-state index in [2.05, 4.69) is 12.2 Å². The molecule has 0 radical (unpaired) electrons. The lowest BCUT2D eigenvalue weighted by atomic mass is 9.86. The number of methoxy groups -OCH3 is 1. The van der Waals surface area contributed by atoms with Crippen LogP contribution in [0.1, 0.15) is 43.0 Å². The average Bonchev–Trinajstić information content (AvgIpc) is 2.67. The Morgan fingerprint density at radius 1 is 1.08 bits per heavy atom. The van der Waals surface area contributed by atoms with Crippen LogP contribution >= 0.6 is 0 Å². The summed E-state index contributed by atoms with van der Waals surface area (Å²) in [6.07, 6.45) is 4.46. The summed E-state index contributed by atoms with van der Waals surface area (Å²) in [6.45, 7) is 1.89. The van der Waals surface area contributed by atoms with Gasteiger partial charge in [-0.25, -0.2) is 4.79 Å². The van der Waals surface area contributed by atoms with Crippen molar-refractivity contribution in [1.29, 1.82) is 0 Å². The second-order valence-electron chi connectivity index (χ2n) is 6.87. The molecule has 5 heteroatoms. The molecule has 2 aromatic carbocycles. The van der Waals surface area contributed by atoms with E-state index in [0.29, 0.717) is 17.2 Å². The number of carbonyl (C=O) groups excluding carboxylic acids is 2. The van der Waals surface area contributed by atoms with Crippen LogP contribution in [0, 0.1) is 5.92 Å². The van der Waals surface area contributed by atoms with Gasteiger partial charge in [0.25, 0.3) is 5.91 Å². The van der Waals surface area contributed by atoms with Gasteiger partial charge in [0.1, 0.15) is 5.75 Å². The summed E-state index contributed by atoms with van der Waals surface area (Å²) in [5.41, 5.74) is 0.431. The molecule has 2 aromatic rings. The standard InChI is InChI=1S/C21H25NO4/c1-14-7-3-6-10-18(14)22-20(23)13-26-21(24)17-11-12-19(25-2)16-9-5-4-8-15(16)17/h4-5,8-9,11-12,14,18H,3,6-7,10,13H2,1-2H3,(H,22,23)/t14-,18+/m1/s1. The number of amides is 1. The van der Waals surface area contributed by atoms with Gasteiger partial charge in [-0.1, -0.05) is 44.0 Å². The van der Waals surface area contributed by atoms with Gasteiger partial charge in [0.05, 0.1) is 12.7 Å². The van der Waals surface area contributed by atoms with Crippen LogP contribution in [0.3, 0.4) is 0 Å². The Labute approximate surface area is 153 Å². The van der Waals surface area contributed by atoms with E-state index in [-0.39, 0.29) is 18.6 Å². The van der Waals surface area contributed by atoms with E-state index >= 15 is 0 Å². The molecule has 0 spiro atoms. The van der Waals surface area contributed by atoms with Gasteiger partial charge in [0.2, 0.25) is 0 Å². The number of carbonyl (C=O) groups is 2. The summed E-state index contributed by atoms with van der Waals surface area (Å²) in [5.74, 6) is 0.417. The Morgan fingerprint density at radius 3 is 2.54 bits per heavy atom. The van der Waals surface area contributed by atoms with Crippen molar-refractivity contribution in [2.75, 3.05) is 13.7 Å². The summed E-state index contributed by atoms with van der Waals surface area (Å²) in [4.78, 5) is 24.6. The van der Waals surface area contributed by atoms with E-state index in [1.807, 2.05) is 24.3 Å². The number of rotatable bonds is 5. The monoisotopic (exact) mass is 355 g/mol. The smallest absolute Gasteiger partial charge is 0.339 e. The van der Waals surface area contributed by atoms with E-state index in [9.17, 15) is 9.59 Å². The normalized spacial score (nSPS) is 19.8. The zero-order valence-electron chi connectivity index (χ0n) is 15.3. The first-order chi connectivity index (χ1) is 12.6. The molecule has 0 unspecified atom stereocenters. The zero-order valence-corrected chi connectivity index (χ0v) is 15.3. The van der Waals surface area contributed by atoms with Gasteiger partial charge in [-0.3, -0.25) is 4.79 Å². The Hall–Kier alpha value is -2.56. The third-order valence-corrected chi connectivity index (χ3v) is 5.12. The molecule has 0 heterocycles. The van der Waals surface area contributed by atoms with E-state index < -0.39 is 5.97 Å². The van der Waals surface area contributed by atoms with Crippen LogP contribution in [0.5, 0.6) is 5.75 Å². The third-order valence-electron chi connectivity index (χ3n) is 5.12. The molecule has 0 aliphatic heterocycles. The Kier molecular flexibility index (Phi) is 5.76. The van der Waals surface area contributed by atoms with Gasteiger partial charge in [0.15, 0.2) is 6.61 Å². The van der Waals surface area contributed by atoms with E-state index in [1.54, 1.807) is 19.2 Å². The number of benzene rings is 2. The van der Waals surface area contributed by atoms with Crippen molar-refractivity contribution in [2.24, 2.45) is 5.92 Å². The van der Waals surface area contributed by atoms with Gasteiger partial charge in [-0.2, -0.15) is 0 Å². The number of esters is 1. The maximum atomic E-state index is 12.5. The predicted octanol–water partition coefficient (Wildman–Crippen LogP) is 3.70. The highest BCUT2D eigenvalue weighted by molar-refractivity contribution is 6.06. The fraction of sp³-hybridized carbons (Fsp3) is 0.429. The lowest BCUT2D eigenvalue weighted by Crippen LogP contribution is -2.42. The molecular weight excluding hydrogens is 330 g/mol. The molecule has 26 heavy (non-hydrogen) atoms. The molecule has 0 bridgehead atoms. The zero-order chi connectivity index (χ0) is 18.5. The van der Waals surface area contributed by atoms with Crippen LogP contribution in [0.2, 0.25) is 0 Å². The van der Waals surface area contributed by atoms with Crippen LogP contribution in [-0.4, -0.2) is 31.6 Å². The predicted molar refractivity (Wildman–Crippen MR) is 100 cm³/mol.